The number of rotatable bonds is 7. The molecule has 5 fully saturated rings. The first-order valence-corrected chi connectivity index (χ1v) is 19.5. The average molecular weight is 740 g/mol. The molecule has 2 aliphatic carbocycles. The molecule has 0 radical (unpaired) electrons. The van der Waals surface area contributed by atoms with Crippen molar-refractivity contribution in [3.8, 4) is 41.2 Å². The maximum absolute atomic E-state index is 17.3. The summed E-state index contributed by atoms with van der Waals surface area (Å²) in [6.45, 7) is 5.54. The number of fused-ring (bicyclic) bond motifs is 3. The van der Waals surface area contributed by atoms with Crippen molar-refractivity contribution in [2.45, 2.75) is 76.3 Å². The minimum atomic E-state index is -0.780. The Balaban J connectivity index is 1.12. The van der Waals surface area contributed by atoms with Crippen molar-refractivity contribution < 1.29 is 32.8 Å². The third kappa shape index (κ3) is 5.99. The van der Waals surface area contributed by atoms with E-state index in [4.69, 9.17) is 35.3 Å². The highest BCUT2D eigenvalue weighted by atomic mass is 19.1. The molecule has 5 aliphatic rings. The summed E-state index contributed by atoms with van der Waals surface area (Å²) >= 11 is 0. The van der Waals surface area contributed by atoms with Crippen molar-refractivity contribution in [3.05, 3.63) is 41.5 Å². The maximum Gasteiger partial charge on any atom is 0.319 e. The summed E-state index contributed by atoms with van der Waals surface area (Å²) in [6.07, 6.45) is 16.9. The van der Waals surface area contributed by atoms with Crippen molar-refractivity contribution in [1.82, 2.24) is 19.9 Å². The molecule has 3 aliphatic heterocycles. The largest absolute Gasteiger partial charge is 0.508 e. The van der Waals surface area contributed by atoms with E-state index in [9.17, 15) is 5.11 Å². The molecule has 2 saturated carbocycles. The fourth-order valence-corrected chi connectivity index (χ4v) is 10.4. The number of hydrogen-bond acceptors (Lipinski definition) is 10. The van der Waals surface area contributed by atoms with Gasteiger partial charge in [-0.05, 0) is 93.3 Å². The number of anilines is 1. The Kier molecular flexibility index (Phi) is 9.23. The number of pyridine rings is 1. The Hall–Kier alpha value is -4.31. The van der Waals surface area contributed by atoms with Crippen LogP contribution < -0.4 is 14.4 Å². The number of phenolic OH excluding ortho intramolecular Hbond substituents is 1. The van der Waals surface area contributed by atoms with E-state index in [1.807, 2.05) is 4.90 Å². The van der Waals surface area contributed by atoms with Crippen LogP contribution in [0, 0.1) is 34.8 Å². The summed E-state index contributed by atoms with van der Waals surface area (Å²) in [5.41, 5.74) is 0.246. The molecule has 4 aromatic rings. The number of likely N-dealkylation sites (tertiary alicyclic amines) is 1. The highest BCUT2D eigenvalue weighted by Crippen LogP contribution is 2.56. The molecule has 5 heterocycles. The summed E-state index contributed by atoms with van der Waals surface area (Å²) in [5.74, 6) is 1.38. The summed E-state index contributed by atoms with van der Waals surface area (Å²) < 4.78 is 56.3. The molecule has 0 amide bonds. The third-order valence-electron chi connectivity index (χ3n) is 13.1. The van der Waals surface area contributed by atoms with Crippen LogP contribution in [-0.4, -0.2) is 96.8 Å². The van der Waals surface area contributed by atoms with Crippen molar-refractivity contribution in [1.29, 1.82) is 0 Å². The fraction of sp³-hybridized carbons (Fsp3) is 0.548. The minimum absolute atomic E-state index is 0.0403. The van der Waals surface area contributed by atoms with Crippen LogP contribution >= 0.6 is 0 Å². The van der Waals surface area contributed by atoms with Gasteiger partial charge in [-0.15, -0.1) is 6.42 Å². The Labute approximate surface area is 314 Å². The van der Waals surface area contributed by atoms with Gasteiger partial charge in [0.25, 0.3) is 0 Å². The van der Waals surface area contributed by atoms with Gasteiger partial charge >= 0.3 is 6.01 Å². The van der Waals surface area contributed by atoms with Crippen LogP contribution in [0.5, 0.6) is 17.6 Å². The van der Waals surface area contributed by atoms with E-state index in [0.717, 1.165) is 58.3 Å². The Morgan fingerprint density at radius 3 is 2.57 bits per heavy atom. The minimum Gasteiger partial charge on any atom is -0.508 e. The smallest absolute Gasteiger partial charge is 0.319 e. The number of halogens is 2. The van der Waals surface area contributed by atoms with E-state index in [2.05, 4.69) is 15.8 Å². The van der Waals surface area contributed by atoms with Gasteiger partial charge < -0.3 is 29.0 Å². The van der Waals surface area contributed by atoms with Crippen molar-refractivity contribution in [3.63, 3.8) is 0 Å². The van der Waals surface area contributed by atoms with Crippen LogP contribution in [0.25, 0.3) is 32.9 Å². The van der Waals surface area contributed by atoms with E-state index >= 15 is 8.78 Å². The van der Waals surface area contributed by atoms with E-state index < -0.39 is 11.6 Å². The summed E-state index contributed by atoms with van der Waals surface area (Å²) in [4.78, 5) is 19.2. The first-order chi connectivity index (χ1) is 26.3. The van der Waals surface area contributed by atoms with Crippen LogP contribution in [0.4, 0.5) is 14.6 Å². The molecule has 9 rings (SSSR count). The van der Waals surface area contributed by atoms with Crippen LogP contribution in [0.2, 0.25) is 0 Å². The zero-order valence-electron chi connectivity index (χ0n) is 30.8. The molecule has 2 aromatic heterocycles. The van der Waals surface area contributed by atoms with Gasteiger partial charge in [-0.1, -0.05) is 18.4 Å². The number of terminal acetylenes is 1. The van der Waals surface area contributed by atoms with Gasteiger partial charge in [0.15, 0.2) is 5.82 Å². The van der Waals surface area contributed by atoms with Gasteiger partial charge in [0.1, 0.15) is 34.0 Å². The predicted octanol–water partition coefficient (Wildman–Crippen LogP) is 7.02. The van der Waals surface area contributed by atoms with Gasteiger partial charge in [0.05, 0.1) is 25.9 Å². The average Bonchev–Trinajstić information content (AvgIpc) is 3.43. The lowest BCUT2D eigenvalue weighted by Gasteiger charge is -2.58. The summed E-state index contributed by atoms with van der Waals surface area (Å²) in [6, 6.07) is 6.63. The number of phenols is 1. The van der Waals surface area contributed by atoms with Crippen molar-refractivity contribution in [2.75, 3.05) is 64.7 Å². The highest BCUT2D eigenvalue weighted by molar-refractivity contribution is 6.04. The van der Waals surface area contributed by atoms with Crippen LogP contribution in [0.3, 0.4) is 0 Å². The Morgan fingerprint density at radius 2 is 1.76 bits per heavy atom. The summed E-state index contributed by atoms with van der Waals surface area (Å²) in [5, 5.41) is 11.7. The quantitative estimate of drug-likeness (QED) is 0.199. The number of aromatic nitrogens is 3. The van der Waals surface area contributed by atoms with Crippen molar-refractivity contribution >= 4 is 27.5 Å². The third-order valence-corrected chi connectivity index (χ3v) is 13.1. The molecule has 0 bridgehead atoms. The predicted molar refractivity (Wildman–Crippen MR) is 201 cm³/mol. The molecule has 0 unspecified atom stereocenters. The second-order valence-electron chi connectivity index (χ2n) is 16.0. The number of ether oxygens (including phenoxy) is 4. The molecule has 284 valence electrons. The van der Waals surface area contributed by atoms with E-state index in [1.165, 1.54) is 57.1 Å². The molecule has 2 aromatic carbocycles. The van der Waals surface area contributed by atoms with Crippen LogP contribution in [0.15, 0.2) is 24.3 Å². The number of aromatic hydroxyl groups is 1. The number of benzene rings is 2. The maximum atomic E-state index is 17.3. The fourth-order valence-electron chi connectivity index (χ4n) is 10.4. The molecule has 2 atom stereocenters. The van der Waals surface area contributed by atoms with Crippen molar-refractivity contribution in [2.24, 2.45) is 10.8 Å². The van der Waals surface area contributed by atoms with E-state index in [1.54, 1.807) is 0 Å². The Bertz CT molecular complexity index is 2120. The highest BCUT2D eigenvalue weighted by Gasteiger charge is 2.54. The van der Waals surface area contributed by atoms with Gasteiger partial charge in [-0.3, -0.25) is 4.90 Å². The monoisotopic (exact) mass is 739 g/mol. The first-order valence-electron chi connectivity index (χ1n) is 19.5. The first kappa shape index (κ1) is 35.4. The van der Waals surface area contributed by atoms with E-state index in [-0.39, 0.29) is 50.8 Å². The lowest BCUT2D eigenvalue weighted by molar-refractivity contribution is -0.112. The van der Waals surface area contributed by atoms with Crippen LogP contribution in [0.1, 0.15) is 69.8 Å². The molecule has 1 spiro atoms. The van der Waals surface area contributed by atoms with Gasteiger partial charge in [-0.25, -0.2) is 13.8 Å². The molecule has 12 heteroatoms. The number of methoxy groups -OCH3 is 1. The molecular weight excluding hydrogens is 692 g/mol. The molecule has 3 saturated heterocycles. The zero-order chi connectivity index (χ0) is 37.0. The van der Waals surface area contributed by atoms with E-state index in [0.29, 0.717) is 67.0 Å². The van der Waals surface area contributed by atoms with Gasteiger partial charge in [-0.2, -0.15) is 9.97 Å². The molecule has 10 nitrogen and oxygen atoms in total. The molecule has 54 heavy (non-hydrogen) atoms. The Morgan fingerprint density at radius 1 is 0.944 bits per heavy atom. The number of hydrogen-bond donors (Lipinski definition) is 1. The summed E-state index contributed by atoms with van der Waals surface area (Å²) in [7, 11) is 1.45. The number of nitrogens with zero attached hydrogens (tertiary/aromatic N) is 5. The lowest BCUT2D eigenvalue weighted by Crippen LogP contribution is -2.61. The normalized spacial score (nSPS) is 24.6. The molecule has 1 N–H and O–H groups in total. The second kappa shape index (κ2) is 14.1. The van der Waals surface area contributed by atoms with Crippen LogP contribution in [-0.2, 0) is 9.47 Å². The van der Waals surface area contributed by atoms with Gasteiger partial charge in [0, 0.05) is 61.4 Å². The second-order valence-corrected chi connectivity index (χ2v) is 16.0. The standard InChI is InChI=1S/C42H47F2N5O5/c1-3-29-31(43)9-8-26-21-28(50)22-30(33(26)29)36-35(44)37-34(39(45-36)51-2)38(48-14-6-17-52-20-16-48)47-40(46-37)54-25-42-10-4-7-32(42)49(15-5-11-42)27-23-41(24-27)12-18-53-19-13-41/h1,8-9,21-22,27,32,50H,4-7,10-20,23-25H2,2H3/t32-,42-/m1/s1. The topological polar surface area (TPSA) is 102 Å². The van der Waals surface area contributed by atoms with Gasteiger partial charge in [0.2, 0.25) is 5.88 Å². The SMILES string of the molecule is C#Cc1c(F)ccc2cc(O)cc(-c3nc(OC)c4c(N5CCCOCC5)nc(OC[C@]56CCC[C@H]5N(C5CC7(CCOCC7)C5)CCC6)nc4c3F)c12. The zero-order valence-corrected chi connectivity index (χ0v) is 30.8. The lowest BCUT2D eigenvalue weighted by atomic mass is 9.60. The number of piperidine rings is 1. The molecular formula is C42H47F2N5O5.